The number of carbonyl (C=O) groups excluding carboxylic acids is 1. The molecular formula is C17H25IN2O3. The topological polar surface area (TPSA) is 92.4 Å². The first kappa shape index (κ1) is 19.9. The van der Waals surface area contributed by atoms with E-state index in [0.717, 1.165) is 24.1 Å². The van der Waals surface area contributed by atoms with Gasteiger partial charge in [-0.2, -0.15) is 0 Å². The number of anilines is 1. The lowest BCUT2D eigenvalue weighted by Crippen LogP contribution is -2.32. The fraction of sp³-hybridized carbons (Fsp3) is 0.529. The number of benzene rings is 1. The van der Waals surface area contributed by atoms with Crippen molar-refractivity contribution in [3.63, 3.8) is 0 Å². The monoisotopic (exact) mass is 432 g/mol. The van der Waals surface area contributed by atoms with Crippen LogP contribution in [0.2, 0.25) is 0 Å². The van der Waals surface area contributed by atoms with Crippen LogP contribution < -0.4 is 11.1 Å². The number of carboxylic acid groups (broad SMARTS) is 1. The van der Waals surface area contributed by atoms with Gasteiger partial charge >= 0.3 is 5.97 Å². The average molecular weight is 432 g/mol. The molecule has 1 amide bonds. The molecule has 128 valence electrons. The predicted molar refractivity (Wildman–Crippen MR) is 101 cm³/mol. The first-order valence-electron chi connectivity index (χ1n) is 7.96. The van der Waals surface area contributed by atoms with Gasteiger partial charge in [0.05, 0.1) is 0 Å². The molecule has 0 saturated heterocycles. The predicted octanol–water partition coefficient (Wildman–Crippen LogP) is 3.36. The Balaban J connectivity index is 2.28. The Labute approximate surface area is 151 Å². The van der Waals surface area contributed by atoms with E-state index in [1.165, 1.54) is 23.7 Å². The van der Waals surface area contributed by atoms with Crippen molar-refractivity contribution in [2.45, 2.75) is 51.0 Å². The van der Waals surface area contributed by atoms with E-state index in [4.69, 9.17) is 10.8 Å². The number of nitrogens with two attached hydrogens (primary N) is 1. The molecule has 0 fully saturated rings. The lowest BCUT2D eigenvalue weighted by Gasteiger charge is -2.08. The van der Waals surface area contributed by atoms with Crippen LogP contribution in [0, 0.1) is 0 Å². The first-order chi connectivity index (χ1) is 11.0. The number of unbranched alkanes of at least 4 members (excludes halogenated alkanes) is 4. The third-order valence-electron chi connectivity index (χ3n) is 3.55. The summed E-state index contributed by atoms with van der Waals surface area (Å²) >= 11 is 2.38. The van der Waals surface area contributed by atoms with Crippen LogP contribution >= 0.6 is 22.6 Å². The molecule has 23 heavy (non-hydrogen) atoms. The van der Waals surface area contributed by atoms with E-state index in [1.807, 2.05) is 0 Å². The number of carboxylic acids is 1. The number of amides is 1. The Bertz CT molecular complexity index is 491. The van der Waals surface area contributed by atoms with Crippen LogP contribution in [0.1, 0.15) is 44.1 Å². The van der Waals surface area contributed by atoms with Gasteiger partial charge < -0.3 is 16.2 Å². The maximum absolute atomic E-state index is 11.8. The fourth-order valence-electron chi connectivity index (χ4n) is 2.20. The van der Waals surface area contributed by atoms with Crippen molar-refractivity contribution >= 4 is 40.2 Å². The van der Waals surface area contributed by atoms with E-state index in [0.29, 0.717) is 6.42 Å². The average Bonchev–Trinajstić information content (AvgIpc) is 2.52. The van der Waals surface area contributed by atoms with Gasteiger partial charge in [-0.05, 0) is 41.4 Å². The lowest BCUT2D eigenvalue weighted by molar-refractivity contribution is -0.138. The van der Waals surface area contributed by atoms with Crippen molar-refractivity contribution in [3.05, 3.63) is 29.8 Å². The number of aliphatic carboxylic acids is 1. The number of halogens is 1. The smallest absolute Gasteiger partial charge is 0.320 e. The summed E-state index contributed by atoms with van der Waals surface area (Å²) in [5.74, 6) is -0.991. The molecule has 0 heterocycles. The molecule has 0 aliphatic heterocycles. The summed E-state index contributed by atoms with van der Waals surface area (Å²) in [5, 5.41) is 11.6. The zero-order chi connectivity index (χ0) is 17.1. The highest BCUT2D eigenvalue weighted by molar-refractivity contribution is 14.1. The summed E-state index contributed by atoms with van der Waals surface area (Å²) in [4.78, 5) is 22.6. The second-order valence-corrected chi connectivity index (χ2v) is 6.68. The van der Waals surface area contributed by atoms with Gasteiger partial charge in [-0.15, -0.1) is 0 Å². The number of nitrogens with one attached hydrogen (secondary N) is 1. The highest BCUT2D eigenvalue weighted by atomic mass is 127. The number of rotatable bonds is 11. The molecule has 0 bridgehead atoms. The highest BCUT2D eigenvalue weighted by Crippen LogP contribution is 2.12. The van der Waals surface area contributed by atoms with Gasteiger partial charge in [0.1, 0.15) is 6.04 Å². The minimum atomic E-state index is -1.01. The van der Waals surface area contributed by atoms with Gasteiger partial charge in [0, 0.05) is 12.1 Å². The largest absolute Gasteiger partial charge is 0.480 e. The van der Waals surface area contributed by atoms with Crippen molar-refractivity contribution in [3.8, 4) is 0 Å². The molecular weight excluding hydrogens is 407 g/mol. The van der Waals surface area contributed by atoms with Crippen LogP contribution in [0.15, 0.2) is 24.3 Å². The Morgan fingerprint density at radius 1 is 1.09 bits per heavy atom. The van der Waals surface area contributed by atoms with Crippen LogP contribution in [-0.4, -0.2) is 27.5 Å². The second kappa shape index (κ2) is 11.4. The van der Waals surface area contributed by atoms with Crippen molar-refractivity contribution < 1.29 is 14.7 Å². The van der Waals surface area contributed by atoms with Crippen LogP contribution in [0.25, 0.3) is 0 Å². The van der Waals surface area contributed by atoms with Gasteiger partial charge in [-0.25, -0.2) is 0 Å². The molecule has 0 aromatic heterocycles. The summed E-state index contributed by atoms with van der Waals surface area (Å²) in [6, 6.07) is 6.25. The number of alkyl halides is 1. The molecule has 1 aromatic carbocycles. The molecule has 0 aliphatic carbocycles. The zero-order valence-corrected chi connectivity index (χ0v) is 15.4. The van der Waals surface area contributed by atoms with Crippen LogP contribution in [0.4, 0.5) is 5.69 Å². The second-order valence-electron chi connectivity index (χ2n) is 5.60. The Hall–Kier alpha value is -1.15. The highest BCUT2D eigenvalue weighted by Gasteiger charge is 2.12. The van der Waals surface area contributed by atoms with Crippen LogP contribution in [-0.2, 0) is 16.0 Å². The summed E-state index contributed by atoms with van der Waals surface area (Å²) in [6.45, 7) is 0. The van der Waals surface area contributed by atoms with E-state index in [-0.39, 0.29) is 12.3 Å². The summed E-state index contributed by atoms with van der Waals surface area (Å²) in [5.41, 5.74) is 7.07. The quantitative estimate of drug-likeness (QED) is 0.284. The van der Waals surface area contributed by atoms with E-state index in [1.54, 1.807) is 24.3 Å². The first-order valence-corrected chi connectivity index (χ1v) is 9.48. The van der Waals surface area contributed by atoms with Gasteiger partial charge in [0.2, 0.25) is 5.91 Å². The van der Waals surface area contributed by atoms with Crippen molar-refractivity contribution in [2.24, 2.45) is 5.73 Å². The minimum Gasteiger partial charge on any atom is -0.480 e. The van der Waals surface area contributed by atoms with Gasteiger partial charge in [-0.3, -0.25) is 9.59 Å². The Morgan fingerprint density at radius 2 is 1.70 bits per heavy atom. The van der Waals surface area contributed by atoms with Gasteiger partial charge in [0.15, 0.2) is 0 Å². The van der Waals surface area contributed by atoms with Crippen molar-refractivity contribution in [1.82, 2.24) is 0 Å². The minimum absolute atomic E-state index is 0.0221. The molecule has 6 heteroatoms. The Morgan fingerprint density at radius 3 is 2.30 bits per heavy atom. The molecule has 1 atom stereocenters. The number of carbonyl (C=O) groups is 2. The third-order valence-corrected chi connectivity index (χ3v) is 4.31. The fourth-order valence-corrected chi connectivity index (χ4v) is 2.74. The summed E-state index contributed by atoms with van der Waals surface area (Å²) in [6.07, 6.45) is 6.51. The molecule has 0 radical (unpaired) electrons. The molecule has 0 aliphatic rings. The molecule has 0 spiro atoms. The van der Waals surface area contributed by atoms with E-state index in [9.17, 15) is 9.59 Å². The lowest BCUT2D eigenvalue weighted by atomic mass is 10.1. The van der Waals surface area contributed by atoms with Crippen molar-refractivity contribution in [2.75, 3.05) is 9.74 Å². The van der Waals surface area contributed by atoms with Crippen LogP contribution in [0.5, 0.6) is 0 Å². The van der Waals surface area contributed by atoms with E-state index >= 15 is 0 Å². The molecule has 1 aromatic rings. The van der Waals surface area contributed by atoms with Gasteiger partial charge in [0.25, 0.3) is 0 Å². The van der Waals surface area contributed by atoms with Crippen LogP contribution in [0.3, 0.4) is 0 Å². The molecule has 0 unspecified atom stereocenters. The number of hydrogen-bond donors (Lipinski definition) is 3. The SMILES string of the molecule is N[C@@H](Cc1ccc(NC(=O)CCCCCCCI)cc1)C(=O)O. The molecule has 4 N–H and O–H groups in total. The molecule has 1 rings (SSSR count). The number of hydrogen-bond acceptors (Lipinski definition) is 3. The summed E-state index contributed by atoms with van der Waals surface area (Å²) < 4.78 is 1.20. The summed E-state index contributed by atoms with van der Waals surface area (Å²) in [7, 11) is 0. The van der Waals surface area contributed by atoms with E-state index in [2.05, 4.69) is 27.9 Å². The normalized spacial score (nSPS) is 11.9. The van der Waals surface area contributed by atoms with Crippen molar-refractivity contribution in [1.29, 1.82) is 0 Å². The Kier molecular flexibility index (Phi) is 9.86. The standard InChI is InChI=1S/C17H25IN2O3/c18-11-5-3-1-2-4-6-16(21)20-14-9-7-13(8-10-14)12-15(19)17(22)23/h7-10,15H,1-6,11-12,19H2,(H,20,21)(H,22,23)/t15-/m0/s1. The maximum atomic E-state index is 11.8. The zero-order valence-electron chi connectivity index (χ0n) is 13.3. The molecule has 0 saturated carbocycles. The van der Waals surface area contributed by atoms with E-state index < -0.39 is 12.0 Å². The third kappa shape index (κ3) is 8.90. The maximum Gasteiger partial charge on any atom is 0.320 e. The van der Waals surface area contributed by atoms with Gasteiger partial charge in [-0.1, -0.05) is 54.0 Å². The molecule has 5 nitrogen and oxygen atoms in total.